The Morgan fingerprint density at radius 1 is 1.27 bits per heavy atom. The first-order chi connectivity index (χ1) is 10.3. The number of rotatable bonds is 3. The topological polar surface area (TPSA) is 41.6 Å². The lowest BCUT2D eigenvalue weighted by molar-refractivity contribution is 0.0450. The minimum absolute atomic E-state index is 0.155. The molecule has 1 aromatic carbocycles. The van der Waals surface area contributed by atoms with Gasteiger partial charge in [0.05, 0.1) is 0 Å². The van der Waals surface area contributed by atoms with E-state index in [1.165, 1.54) is 5.56 Å². The molecule has 2 rings (SSSR count). The maximum atomic E-state index is 11.9. The van der Waals surface area contributed by atoms with Gasteiger partial charge in [0.25, 0.3) is 0 Å². The number of hydrogen-bond donors (Lipinski definition) is 1. The van der Waals surface area contributed by atoms with E-state index in [9.17, 15) is 4.79 Å². The van der Waals surface area contributed by atoms with Crippen molar-refractivity contribution in [2.75, 3.05) is 13.1 Å². The van der Waals surface area contributed by atoms with Crippen molar-refractivity contribution in [1.82, 2.24) is 10.2 Å². The summed E-state index contributed by atoms with van der Waals surface area (Å²) in [6.45, 7) is 10.8. The Hall–Kier alpha value is -1.55. The molecular weight excluding hydrogens is 276 g/mol. The fourth-order valence-electron chi connectivity index (χ4n) is 3.01. The molecule has 0 saturated carbocycles. The van der Waals surface area contributed by atoms with Gasteiger partial charge in [0.2, 0.25) is 0 Å². The summed E-state index contributed by atoms with van der Waals surface area (Å²) in [6.07, 6.45) is 0.691. The molecule has 1 fully saturated rings. The molecule has 1 aliphatic rings. The number of nitrogens with zero attached hydrogens (tertiary/aromatic N) is 1. The Kier molecular flexibility index (Phi) is 5.46. The highest BCUT2D eigenvalue weighted by atomic mass is 16.6. The molecule has 0 bridgehead atoms. The maximum absolute atomic E-state index is 11.9. The monoisotopic (exact) mass is 304 g/mol. The number of piperidine rings is 1. The number of hydrogen-bond acceptors (Lipinski definition) is 3. The predicted octanol–water partition coefficient (Wildman–Crippen LogP) is 3.42. The van der Waals surface area contributed by atoms with Gasteiger partial charge < -0.3 is 10.1 Å². The molecule has 0 spiro atoms. The lowest BCUT2D eigenvalue weighted by Gasteiger charge is -2.37. The molecule has 1 saturated heterocycles. The van der Waals surface area contributed by atoms with Crippen LogP contribution in [0.4, 0.5) is 4.79 Å². The van der Waals surface area contributed by atoms with E-state index in [2.05, 4.69) is 41.4 Å². The van der Waals surface area contributed by atoms with E-state index >= 15 is 0 Å². The van der Waals surface area contributed by atoms with Crippen LogP contribution in [-0.4, -0.2) is 35.7 Å². The minimum Gasteiger partial charge on any atom is -0.444 e. The van der Waals surface area contributed by atoms with Crippen LogP contribution in [0.1, 0.15) is 39.7 Å². The quantitative estimate of drug-likeness (QED) is 0.930. The van der Waals surface area contributed by atoms with Gasteiger partial charge in [-0.05, 0) is 38.7 Å². The van der Waals surface area contributed by atoms with Crippen molar-refractivity contribution >= 4 is 6.09 Å². The first-order valence-corrected chi connectivity index (χ1v) is 8.07. The predicted molar refractivity (Wildman–Crippen MR) is 88.7 cm³/mol. The Morgan fingerprint density at radius 2 is 1.95 bits per heavy atom. The molecule has 22 heavy (non-hydrogen) atoms. The van der Waals surface area contributed by atoms with Gasteiger partial charge in [-0.3, -0.25) is 4.90 Å². The van der Waals surface area contributed by atoms with Crippen LogP contribution in [0.2, 0.25) is 0 Å². The van der Waals surface area contributed by atoms with Crippen molar-refractivity contribution < 1.29 is 9.53 Å². The van der Waals surface area contributed by atoms with Crippen LogP contribution in [0.15, 0.2) is 30.3 Å². The summed E-state index contributed by atoms with van der Waals surface area (Å²) in [7, 11) is 0. The fraction of sp³-hybridized carbons (Fsp3) is 0.611. The van der Waals surface area contributed by atoms with Crippen molar-refractivity contribution in [1.29, 1.82) is 0 Å². The maximum Gasteiger partial charge on any atom is 0.407 e. The smallest absolute Gasteiger partial charge is 0.407 e. The standard InChI is InChI=1S/C18H28N2O2/c1-14-10-16(19-17(21)22-18(2,3)4)13-20(11-14)12-15-8-6-5-7-9-15/h5-9,14,16H,10-13H2,1-4H3,(H,19,21)/t14?,16-/m0/s1. The van der Waals surface area contributed by atoms with Gasteiger partial charge in [-0.1, -0.05) is 37.3 Å². The number of amides is 1. The van der Waals surface area contributed by atoms with Gasteiger partial charge in [-0.25, -0.2) is 4.79 Å². The average molecular weight is 304 g/mol. The lowest BCUT2D eigenvalue weighted by atomic mass is 9.95. The second kappa shape index (κ2) is 7.14. The number of nitrogens with one attached hydrogen (secondary N) is 1. The average Bonchev–Trinajstić information content (AvgIpc) is 2.36. The number of ether oxygens (including phenoxy) is 1. The Morgan fingerprint density at radius 3 is 2.59 bits per heavy atom. The number of likely N-dealkylation sites (tertiary alicyclic amines) is 1. The zero-order chi connectivity index (χ0) is 16.2. The van der Waals surface area contributed by atoms with E-state index in [4.69, 9.17) is 4.74 Å². The van der Waals surface area contributed by atoms with Crippen molar-refractivity contribution in [3.63, 3.8) is 0 Å². The fourth-order valence-corrected chi connectivity index (χ4v) is 3.01. The number of benzene rings is 1. The van der Waals surface area contributed by atoms with Gasteiger partial charge in [0, 0.05) is 25.7 Å². The molecule has 1 aromatic rings. The van der Waals surface area contributed by atoms with Gasteiger partial charge in [0.15, 0.2) is 0 Å². The Bertz CT molecular complexity index is 482. The van der Waals surface area contributed by atoms with Crippen LogP contribution >= 0.6 is 0 Å². The third-order valence-corrected chi connectivity index (χ3v) is 3.71. The first kappa shape index (κ1) is 16.8. The van der Waals surface area contributed by atoms with Crippen molar-refractivity contribution in [3.05, 3.63) is 35.9 Å². The summed E-state index contributed by atoms with van der Waals surface area (Å²) in [5.41, 5.74) is 0.862. The zero-order valence-corrected chi connectivity index (χ0v) is 14.1. The number of alkyl carbamates (subject to hydrolysis) is 1. The van der Waals surface area contributed by atoms with Crippen LogP contribution in [0.25, 0.3) is 0 Å². The SMILES string of the molecule is CC1C[C@H](NC(=O)OC(C)(C)C)CN(Cc2ccccc2)C1. The summed E-state index contributed by atoms with van der Waals surface area (Å²) in [5.74, 6) is 0.567. The van der Waals surface area contributed by atoms with E-state index < -0.39 is 5.60 Å². The lowest BCUT2D eigenvalue weighted by Crippen LogP contribution is -2.50. The first-order valence-electron chi connectivity index (χ1n) is 8.07. The second-order valence-electron chi connectivity index (χ2n) is 7.36. The molecule has 2 atom stereocenters. The highest BCUT2D eigenvalue weighted by Gasteiger charge is 2.27. The Labute approximate surface area is 133 Å². The van der Waals surface area contributed by atoms with E-state index in [1.807, 2.05) is 26.8 Å². The van der Waals surface area contributed by atoms with E-state index in [-0.39, 0.29) is 12.1 Å². The third kappa shape index (κ3) is 5.68. The largest absolute Gasteiger partial charge is 0.444 e. The van der Waals surface area contributed by atoms with Crippen LogP contribution in [-0.2, 0) is 11.3 Å². The number of carbonyl (C=O) groups excluding carboxylic acids is 1. The normalized spacial score (nSPS) is 23.1. The highest BCUT2D eigenvalue weighted by Crippen LogP contribution is 2.19. The second-order valence-corrected chi connectivity index (χ2v) is 7.36. The Balaban J connectivity index is 1.89. The van der Waals surface area contributed by atoms with Crippen LogP contribution in [0, 0.1) is 5.92 Å². The molecular formula is C18H28N2O2. The molecule has 4 nitrogen and oxygen atoms in total. The molecule has 1 N–H and O–H groups in total. The summed E-state index contributed by atoms with van der Waals surface area (Å²) in [5, 5.41) is 3.02. The summed E-state index contributed by atoms with van der Waals surface area (Å²) < 4.78 is 5.36. The van der Waals surface area contributed by atoms with Crippen LogP contribution in [0.3, 0.4) is 0 Å². The highest BCUT2D eigenvalue weighted by molar-refractivity contribution is 5.68. The molecule has 1 aliphatic heterocycles. The molecule has 1 amide bonds. The third-order valence-electron chi connectivity index (χ3n) is 3.71. The van der Waals surface area contributed by atoms with Crippen molar-refractivity contribution in [3.8, 4) is 0 Å². The van der Waals surface area contributed by atoms with Gasteiger partial charge in [-0.2, -0.15) is 0 Å². The minimum atomic E-state index is -0.450. The molecule has 122 valence electrons. The van der Waals surface area contributed by atoms with Gasteiger partial charge in [-0.15, -0.1) is 0 Å². The molecule has 4 heteroatoms. The van der Waals surface area contributed by atoms with Crippen molar-refractivity contribution in [2.45, 2.75) is 52.3 Å². The molecule has 1 heterocycles. The van der Waals surface area contributed by atoms with E-state index in [0.717, 1.165) is 26.1 Å². The van der Waals surface area contributed by atoms with Gasteiger partial charge >= 0.3 is 6.09 Å². The van der Waals surface area contributed by atoms with E-state index in [0.29, 0.717) is 5.92 Å². The molecule has 1 unspecified atom stereocenters. The summed E-state index contributed by atoms with van der Waals surface area (Å²) in [4.78, 5) is 14.4. The number of carbonyl (C=O) groups is 1. The molecule has 0 radical (unpaired) electrons. The van der Waals surface area contributed by atoms with Crippen LogP contribution in [0.5, 0.6) is 0 Å². The molecule has 0 aliphatic carbocycles. The molecule has 0 aromatic heterocycles. The zero-order valence-electron chi connectivity index (χ0n) is 14.1. The van der Waals surface area contributed by atoms with Crippen LogP contribution < -0.4 is 5.32 Å². The summed E-state index contributed by atoms with van der Waals surface area (Å²) in [6, 6.07) is 10.6. The summed E-state index contributed by atoms with van der Waals surface area (Å²) >= 11 is 0. The van der Waals surface area contributed by atoms with E-state index in [1.54, 1.807) is 0 Å². The van der Waals surface area contributed by atoms with Gasteiger partial charge in [0.1, 0.15) is 5.60 Å². The van der Waals surface area contributed by atoms with Crippen molar-refractivity contribution in [2.24, 2.45) is 5.92 Å².